The number of rotatable bonds is 4. The van der Waals surface area contributed by atoms with E-state index < -0.39 is 12.3 Å². The summed E-state index contributed by atoms with van der Waals surface area (Å²) in [4.78, 5) is 14.4. The number of carbonyl (C=O) groups excluding carboxylic acids is 1. The highest BCUT2D eigenvalue weighted by molar-refractivity contribution is 5.69. The van der Waals surface area contributed by atoms with Crippen LogP contribution in [0.15, 0.2) is 24.3 Å². The summed E-state index contributed by atoms with van der Waals surface area (Å²) in [6, 6.07) is 7.86. The number of nitrogens with zero attached hydrogens (tertiary/aromatic N) is 1. The molecule has 0 spiro atoms. The minimum Gasteiger partial charge on any atom is -0.444 e. The Bertz CT molecular complexity index is 582. The molecule has 2 saturated heterocycles. The summed E-state index contributed by atoms with van der Waals surface area (Å²) >= 11 is 0. The molecule has 1 amide bonds. The zero-order valence-corrected chi connectivity index (χ0v) is 15.3. The molecule has 0 aromatic heterocycles. The van der Waals surface area contributed by atoms with Crippen LogP contribution in [-0.2, 0) is 22.8 Å². The fourth-order valence-corrected chi connectivity index (χ4v) is 3.81. The van der Waals surface area contributed by atoms with Crippen LogP contribution in [-0.4, -0.2) is 34.8 Å². The number of hydrogen-bond donors (Lipinski definition) is 0. The van der Waals surface area contributed by atoms with Crippen LogP contribution in [0.1, 0.15) is 57.6 Å². The smallest absolute Gasteiger partial charge is 0.410 e. The quantitative estimate of drug-likeness (QED) is 0.797. The minimum absolute atomic E-state index is 0.164. The number of ether oxygens (including phenoxy) is 2. The third-order valence-corrected chi connectivity index (χ3v) is 4.96. The number of hydrogen-bond acceptors (Lipinski definition) is 3. The number of benzene rings is 1. The summed E-state index contributed by atoms with van der Waals surface area (Å²) in [7, 11) is 0. The molecule has 5 heteroatoms. The maximum absolute atomic E-state index is 12.6. The highest BCUT2D eigenvalue weighted by atomic mass is 19.1. The van der Waals surface area contributed by atoms with E-state index >= 15 is 0 Å². The van der Waals surface area contributed by atoms with Crippen molar-refractivity contribution in [2.45, 2.75) is 83.5 Å². The molecule has 0 saturated carbocycles. The van der Waals surface area contributed by atoms with Crippen molar-refractivity contribution in [1.29, 1.82) is 0 Å². The van der Waals surface area contributed by atoms with Gasteiger partial charge >= 0.3 is 6.09 Å². The van der Waals surface area contributed by atoms with E-state index in [9.17, 15) is 9.18 Å². The largest absolute Gasteiger partial charge is 0.444 e. The van der Waals surface area contributed by atoms with Crippen molar-refractivity contribution < 1.29 is 18.7 Å². The van der Waals surface area contributed by atoms with E-state index in [4.69, 9.17) is 9.47 Å². The zero-order chi connectivity index (χ0) is 18.0. The van der Waals surface area contributed by atoms with Gasteiger partial charge in [0.1, 0.15) is 12.3 Å². The number of carbonyl (C=O) groups is 1. The molecule has 1 aromatic carbocycles. The highest BCUT2D eigenvalue weighted by Crippen LogP contribution is 2.38. The summed E-state index contributed by atoms with van der Waals surface area (Å²) in [6.45, 7) is 5.79. The van der Waals surface area contributed by atoms with Gasteiger partial charge in [-0.2, -0.15) is 0 Å². The van der Waals surface area contributed by atoms with Crippen molar-refractivity contribution in [1.82, 2.24) is 4.90 Å². The number of piperidine rings is 1. The van der Waals surface area contributed by atoms with Crippen LogP contribution in [0.3, 0.4) is 0 Å². The van der Waals surface area contributed by atoms with Gasteiger partial charge in [0.2, 0.25) is 0 Å². The first-order chi connectivity index (χ1) is 11.9. The molecule has 2 unspecified atom stereocenters. The lowest BCUT2D eigenvalue weighted by Gasteiger charge is -2.39. The van der Waals surface area contributed by atoms with E-state index in [0.29, 0.717) is 12.2 Å². The summed E-state index contributed by atoms with van der Waals surface area (Å²) in [5.41, 5.74) is 1.28. The SMILES string of the molecule is CC(C)(C)OC(=O)N1C2CCC1CC(OCc1ccc(CF)cc1)C2. The fourth-order valence-electron chi connectivity index (χ4n) is 3.81. The van der Waals surface area contributed by atoms with E-state index in [2.05, 4.69) is 0 Å². The van der Waals surface area contributed by atoms with Gasteiger partial charge in [0, 0.05) is 12.1 Å². The predicted octanol–water partition coefficient (Wildman–Crippen LogP) is 4.60. The van der Waals surface area contributed by atoms with Gasteiger partial charge in [-0.15, -0.1) is 0 Å². The van der Waals surface area contributed by atoms with Crippen molar-refractivity contribution in [3.8, 4) is 0 Å². The second-order valence-electron chi connectivity index (χ2n) is 8.13. The molecule has 2 aliphatic heterocycles. The van der Waals surface area contributed by atoms with Crippen LogP contribution < -0.4 is 0 Å². The fraction of sp³-hybridized carbons (Fsp3) is 0.650. The van der Waals surface area contributed by atoms with Crippen LogP contribution in [0.5, 0.6) is 0 Å². The zero-order valence-electron chi connectivity index (χ0n) is 15.3. The summed E-state index contributed by atoms with van der Waals surface area (Å²) < 4.78 is 24.2. The topological polar surface area (TPSA) is 38.8 Å². The van der Waals surface area contributed by atoms with Gasteiger partial charge in [-0.1, -0.05) is 24.3 Å². The van der Waals surface area contributed by atoms with E-state index in [1.807, 2.05) is 37.8 Å². The lowest BCUT2D eigenvalue weighted by atomic mass is 10.00. The Morgan fingerprint density at radius 2 is 1.68 bits per heavy atom. The van der Waals surface area contributed by atoms with Gasteiger partial charge in [-0.25, -0.2) is 9.18 Å². The molecule has 1 aromatic rings. The first-order valence-electron chi connectivity index (χ1n) is 9.12. The van der Waals surface area contributed by atoms with Gasteiger partial charge in [0.25, 0.3) is 0 Å². The average Bonchev–Trinajstić information content (AvgIpc) is 2.83. The Morgan fingerprint density at radius 3 is 2.20 bits per heavy atom. The lowest BCUT2D eigenvalue weighted by molar-refractivity contribution is -0.0396. The first-order valence-corrected chi connectivity index (χ1v) is 9.12. The first kappa shape index (κ1) is 18.2. The second kappa shape index (κ2) is 7.32. The van der Waals surface area contributed by atoms with Crippen molar-refractivity contribution in [2.24, 2.45) is 0 Å². The molecule has 4 nitrogen and oxygen atoms in total. The molecule has 25 heavy (non-hydrogen) atoms. The molecule has 0 radical (unpaired) electrons. The molecule has 2 aliphatic rings. The molecule has 2 heterocycles. The third-order valence-electron chi connectivity index (χ3n) is 4.96. The Morgan fingerprint density at radius 1 is 1.12 bits per heavy atom. The van der Waals surface area contributed by atoms with Crippen molar-refractivity contribution in [3.63, 3.8) is 0 Å². The Hall–Kier alpha value is -1.62. The normalized spacial score (nSPS) is 25.9. The van der Waals surface area contributed by atoms with Gasteiger partial charge in [-0.05, 0) is 57.6 Å². The molecular weight excluding hydrogens is 321 g/mol. The van der Waals surface area contributed by atoms with Gasteiger partial charge in [0.15, 0.2) is 0 Å². The number of alkyl halides is 1. The summed E-state index contributed by atoms with van der Waals surface area (Å²) in [5.74, 6) is 0. The highest BCUT2D eigenvalue weighted by Gasteiger charge is 2.45. The van der Waals surface area contributed by atoms with E-state index in [1.165, 1.54) is 0 Å². The van der Waals surface area contributed by atoms with Gasteiger partial charge in [-0.3, -0.25) is 0 Å². The summed E-state index contributed by atoms with van der Waals surface area (Å²) in [5, 5.41) is 0. The van der Waals surface area contributed by atoms with Gasteiger partial charge in [0.05, 0.1) is 12.7 Å². The van der Waals surface area contributed by atoms with Crippen LogP contribution in [0.25, 0.3) is 0 Å². The standard InChI is InChI=1S/C20H28FNO3/c1-20(2,3)25-19(23)22-16-8-9-17(22)11-18(10-16)24-13-15-6-4-14(12-21)5-7-15/h4-7,16-18H,8-13H2,1-3H3. The molecule has 0 N–H and O–H groups in total. The number of fused-ring (bicyclic) bond motifs is 2. The van der Waals surface area contributed by atoms with Crippen molar-refractivity contribution in [2.75, 3.05) is 0 Å². The van der Waals surface area contributed by atoms with Crippen LogP contribution in [0.4, 0.5) is 9.18 Å². The lowest BCUT2D eigenvalue weighted by Crippen LogP contribution is -2.50. The predicted molar refractivity (Wildman–Crippen MR) is 93.9 cm³/mol. The molecule has 2 atom stereocenters. The Balaban J connectivity index is 1.53. The van der Waals surface area contributed by atoms with Crippen LogP contribution in [0, 0.1) is 0 Å². The van der Waals surface area contributed by atoms with E-state index in [1.54, 1.807) is 12.1 Å². The van der Waals surface area contributed by atoms with E-state index in [0.717, 1.165) is 31.2 Å². The minimum atomic E-state index is -0.463. The number of amides is 1. The third kappa shape index (κ3) is 4.51. The second-order valence-corrected chi connectivity index (χ2v) is 8.13. The summed E-state index contributed by atoms with van der Waals surface area (Å²) in [6.07, 6.45) is 3.73. The van der Waals surface area contributed by atoms with Crippen LogP contribution >= 0.6 is 0 Å². The molecule has 0 aliphatic carbocycles. The monoisotopic (exact) mass is 349 g/mol. The molecule has 3 rings (SSSR count). The molecule has 138 valence electrons. The molecular formula is C20H28FNO3. The maximum atomic E-state index is 12.6. The Kier molecular flexibility index (Phi) is 5.32. The van der Waals surface area contributed by atoms with Crippen LogP contribution in [0.2, 0.25) is 0 Å². The van der Waals surface area contributed by atoms with Crippen molar-refractivity contribution >= 4 is 6.09 Å². The van der Waals surface area contributed by atoms with Crippen molar-refractivity contribution in [3.05, 3.63) is 35.4 Å². The maximum Gasteiger partial charge on any atom is 0.410 e. The molecule has 2 bridgehead atoms. The average molecular weight is 349 g/mol. The Labute approximate surface area is 149 Å². The van der Waals surface area contributed by atoms with Gasteiger partial charge < -0.3 is 14.4 Å². The number of halogens is 1. The van der Waals surface area contributed by atoms with E-state index in [-0.39, 0.29) is 24.3 Å². The molecule has 2 fully saturated rings.